The fraction of sp³-hybridized carbons (Fsp3) is 0.929. The third-order valence-corrected chi connectivity index (χ3v) is 5.52. The second-order valence-corrected chi connectivity index (χ2v) is 6.57. The molecule has 1 aliphatic carbocycles. The number of nitrogens with two attached hydrogens (primary N) is 1. The first-order valence-electron chi connectivity index (χ1n) is 6.95. The number of nitrogens with zero attached hydrogens (tertiary/aromatic N) is 2. The van der Waals surface area contributed by atoms with E-state index in [1.165, 1.54) is 32.1 Å². The summed E-state index contributed by atoms with van der Waals surface area (Å²) in [6.07, 6.45) is 6.44. The molecule has 0 radical (unpaired) electrons. The smallest absolute Gasteiger partial charge is 0.191 e. The third-order valence-electron chi connectivity index (χ3n) is 5.52. The van der Waals surface area contributed by atoms with Crippen LogP contribution in [0.25, 0.3) is 0 Å². The molecule has 0 amide bonds. The fourth-order valence-corrected chi connectivity index (χ4v) is 3.40. The normalized spacial score (nSPS) is 34.2. The van der Waals surface area contributed by atoms with Crippen LogP contribution in [0.15, 0.2) is 4.99 Å². The van der Waals surface area contributed by atoms with Gasteiger partial charge >= 0.3 is 0 Å². The highest BCUT2D eigenvalue weighted by molar-refractivity contribution is 5.80. The van der Waals surface area contributed by atoms with Crippen molar-refractivity contribution < 1.29 is 0 Å². The lowest BCUT2D eigenvalue weighted by atomic mass is 9.65. The first kappa shape index (κ1) is 12.7. The van der Waals surface area contributed by atoms with E-state index in [9.17, 15) is 0 Å². The lowest BCUT2D eigenvalue weighted by Crippen LogP contribution is -2.52. The van der Waals surface area contributed by atoms with Gasteiger partial charge in [0.05, 0.1) is 12.1 Å². The molecule has 1 fully saturated rings. The van der Waals surface area contributed by atoms with Crippen LogP contribution in [0.1, 0.15) is 52.9 Å². The van der Waals surface area contributed by atoms with E-state index in [-0.39, 0.29) is 5.54 Å². The minimum absolute atomic E-state index is 0.254. The van der Waals surface area contributed by atoms with Crippen molar-refractivity contribution in [2.24, 2.45) is 22.1 Å². The summed E-state index contributed by atoms with van der Waals surface area (Å²) >= 11 is 0. The Bertz CT molecular complexity index is 311. The van der Waals surface area contributed by atoms with Gasteiger partial charge in [-0.25, -0.2) is 0 Å². The maximum Gasteiger partial charge on any atom is 0.191 e. The number of hydrogen-bond acceptors (Lipinski definition) is 3. The van der Waals surface area contributed by atoms with Gasteiger partial charge in [0.2, 0.25) is 0 Å². The number of likely N-dealkylation sites (N-methyl/N-ethyl adjacent to an activating group) is 1. The first-order valence-corrected chi connectivity index (χ1v) is 6.95. The molecule has 1 heterocycles. The molecule has 0 bridgehead atoms. The monoisotopic (exact) mass is 237 g/mol. The van der Waals surface area contributed by atoms with Gasteiger partial charge in [-0.1, -0.05) is 27.2 Å². The van der Waals surface area contributed by atoms with E-state index in [2.05, 4.69) is 37.7 Å². The molecule has 0 unspecified atom stereocenters. The SMILES string of the molecule is CCC(C)(C)C1CCC2(CC1)CN=C(N)N2C. The van der Waals surface area contributed by atoms with Gasteiger partial charge in [-0.3, -0.25) is 4.99 Å². The van der Waals surface area contributed by atoms with Crippen molar-refractivity contribution in [3.8, 4) is 0 Å². The van der Waals surface area contributed by atoms with Crippen LogP contribution in [0, 0.1) is 11.3 Å². The minimum Gasteiger partial charge on any atom is -0.370 e. The number of hydrogen-bond donors (Lipinski definition) is 1. The maximum atomic E-state index is 5.91. The molecule has 0 aromatic rings. The Kier molecular flexibility index (Phi) is 3.13. The Morgan fingerprint density at radius 2 is 2.00 bits per heavy atom. The Morgan fingerprint density at radius 3 is 2.41 bits per heavy atom. The Hall–Kier alpha value is -0.730. The second kappa shape index (κ2) is 4.18. The number of guanidine groups is 1. The van der Waals surface area contributed by atoms with E-state index in [1.807, 2.05) is 0 Å². The van der Waals surface area contributed by atoms with Crippen LogP contribution in [0.2, 0.25) is 0 Å². The average molecular weight is 237 g/mol. The van der Waals surface area contributed by atoms with Gasteiger partial charge in [0.25, 0.3) is 0 Å². The lowest BCUT2D eigenvalue weighted by molar-refractivity contribution is 0.0748. The lowest BCUT2D eigenvalue weighted by Gasteiger charge is -2.46. The summed E-state index contributed by atoms with van der Waals surface area (Å²) in [7, 11) is 2.11. The standard InChI is InChI=1S/C14H27N3/c1-5-13(2,3)11-6-8-14(9-7-11)10-16-12(15)17(14)4/h11H,5-10H2,1-4H3,(H2,15,16). The molecular formula is C14H27N3. The summed E-state index contributed by atoms with van der Waals surface area (Å²) in [5.41, 5.74) is 6.65. The van der Waals surface area contributed by atoms with E-state index in [4.69, 9.17) is 5.73 Å². The van der Waals surface area contributed by atoms with Crippen molar-refractivity contribution in [3.63, 3.8) is 0 Å². The molecule has 2 N–H and O–H groups in total. The van der Waals surface area contributed by atoms with Crippen LogP contribution in [0.5, 0.6) is 0 Å². The predicted molar refractivity (Wildman–Crippen MR) is 73.0 cm³/mol. The summed E-state index contributed by atoms with van der Waals surface area (Å²) in [6.45, 7) is 8.06. The van der Waals surface area contributed by atoms with E-state index in [1.54, 1.807) is 0 Å². The highest BCUT2D eigenvalue weighted by Gasteiger charge is 2.45. The zero-order valence-corrected chi connectivity index (χ0v) is 11.8. The minimum atomic E-state index is 0.254. The molecule has 1 aliphatic heterocycles. The summed E-state index contributed by atoms with van der Waals surface area (Å²) in [6, 6.07) is 0. The zero-order valence-electron chi connectivity index (χ0n) is 11.8. The van der Waals surface area contributed by atoms with Crippen LogP contribution in [0.4, 0.5) is 0 Å². The molecule has 0 aromatic carbocycles. The molecule has 1 spiro atoms. The van der Waals surface area contributed by atoms with Gasteiger partial charge in [0, 0.05) is 7.05 Å². The molecule has 1 saturated carbocycles. The molecule has 98 valence electrons. The Balaban J connectivity index is 2.00. The van der Waals surface area contributed by atoms with E-state index in [0.29, 0.717) is 5.41 Å². The fourth-order valence-electron chi connectivity index (χ4n) is 3.40. The molecular weight excluding hydrogens is 210 g/mol. The molecule has 0 aromatic heterocycles. The van der Waals surface area contributed by atoms with E-state index in [0.717, 1.165) is 18.4 Å². The van der Waals surface area contributed by atoms with Crippen LogP contribution < -0.4 is 5.73 Å². The molecule has 0 saturated heterocycles. The van der Waals surface area contributed by atoms with E-state index < -0.39 is 0 Å². The van der Waals surface area contributed by atoms with Gasteiger partial charge in [0.1, 0.15) is 0 Å². The molecule has 2 rings (SSSR count). The molecule has 17 heavy (non-hydrogen) atoms. The highest BCUT2D eigenvalue weighted by Crippen LogP contribution is 2.46. The Morgan fingerprint density at radius 1 is 1.41 bits per heavy atom. The van der Waals surface area contributed by atoms with Crippen molar-refractivity contribution in [1.29, 1.82) is 0 Å². The van der Waals surface area contributed by atoms with E-state index >= 15 is 0 Å². The predicted octanol–water partition coefficient (Wildman–Crippen LogP) is 2.61. The molecule has 3 nitrogen and oxygen atoms in total. The maximum absolute atomic E-state index is 5.91. The molecule has 2 aliphatic rings. The Labute approximate surface area is 105 Å². The summed E-state index contributed by atoms with van der Waals surface area (Å²) < 4.78 is 0. The van der Waals surface area contributed by atoms with Crippen molar-refractivity contribution >= 4 is 5.96 Å². The van der Waals surface area contributed by atoms with Crippen molar-refractivity contribution in [3.05, 3.63) is 0 Å². The number of aliphatic imine (C=N–C) groups is 1. The topological polar surface area (TPSA) is 41.6 Å². The molecule has 3 heteroatoms. The quantitative estimate of drug-likeness (QED) is 0.802. The summed E-state index contributed by atoms with van der Waals surface area (Å²) in [5.74, 6) is 1.60. The number of rotatable bonds is 2. The van der Waals surface area contributed by atoms with Gasteiger partial charge in [-0.15, -0.1) is 0 Å². The summed E-state index contributed by atoms with van der Waals surface area (Å²) in [4.78, 5) is 6.65. The molecule has 0 atom stereocenters. The first-order chi connectivity index (χ1) is 7.91. The van der Waals surface area contributed by atoms with Gasteiger partial charge in [-0.2, -0.15) is 0 Å². The van der Waals surface area contributed by atoms with Crippen molar-refractivity contribution in [2.45, 2.75) is 58.4 Å². The van der Waals surface area contributed by atoms with Gasteiger partial charge in [-0.05, 0) is 37.0 Å². The average Bonchev–Trinajstić information content (AvgIpc) is 2.59. The van der Waals surface area contributed by atoms with Gasteiger partial charge in [0.15, 0.2) is 5.96 Å². The van der Waals surface area contributed by atoms with Crippen LogP contribution in [0.3, 0.4) is 0 Å². The summed E-state index contributed by atoms with van der Waals surface area (Å²) in [5, 5.41) is 0. The largest absolute Gasteiger partial charge is 0.370 e. The van der Waals surface area contributed by atoms with Crippen molar-refractivity contribution in [1.82, 2.24) is 4.90 Å². The third kappa shape index (κ3) is 2.04. The van der Waals surface area contributed by atoms with Crippen LogP contribution in [-0.2, 0) is 0 Å². The van der Waals surface area contributed by atoms with Gasteiger partial charge < -0.3 is 10.6 Å². The van der Waals surface area contributed by atoms with Crippen LogP contribution >= 0.6 is 0 Å². The highest BCUT2D eigenvalue weighted by atomic mass is 15.3. The second-order valence-electron chi connectivity index (χ2n) is 6.57. The van der Waals surface area contributed by atoms with Crippen molar-refractivity contribution in [2.75, 3.05) is 13.6 Å². The zero-order chi connectivity index (χ0) is 12.7. The van der Waals surface area contributed by atoms with Crippen LogP contribution in [-0.4, -0.2) is 30.0 Å².